The molecule has 1 aliphatic rings. The SMILES string of the molecule is C=S1CC(C(C)C)=NO1. The molecule has 1 rings (SSSR count). The Morgan fingerprint density at radius 3 is 2.67 bits per heavy atom. The van der Waals surface area contributed by atoms with Crippen LogP contribution in [0.15, 0.2) is 5.16 Å². The molecule has 0 amide bonds. The summed E-state index contributed by atoms with van der Waals surface area (Å²) in [5, 5.41) is 3.88. The van der Waals surface area contributed by atoms with E-state index in [1.165, 1.54) is 0 Å². The van der Waals surface area contributed by atoms with Crippen LogP contribution in [-0.2, 0) is 4.28 Å². The van der Waals surface area contributed by atoms with E-state index in [0.717, 1.165) is 11.5 Å². The first-order valence-electron chi connectivity index (χ1n) is 2.95. The van der Waals surface area contributed by atoms with Crippen molar-refractivity contribution in [2.24, 2.45) is 11.1 Å². The van der Waals surface area contributed by atoms with Crippen molar-refractivity contribution in [3.05, 3.63) is 0 Å². The fourth-order valence-corrected chi connectivity index (χ4v) is 1.56. The standard InChI is InChI=1S/C6H11NOS/c1-5(2)6-4-9(3)8-7-6/h5H,3-4H2,1-2H3. The van der Waals surface area contributed by atoms with Crippen molar-refractivity contribution in [2.75, 3.05) is 5.75 Å². The summed E-state index contributed by atoms with van der Waals surface area (Å²) in [5.74, 6) is 5.21. The average Bonchev–Trinajstić information content (AvgIpc) is 2.14. The summed E-state index contributed by atoms with van der Waals surface area (Å²) >= 11 is 0. The molecule has 3 heteroatoms. The van der Waals surface area contributed by atoms with Crippen LogP contribution in [0.5, 0.6) is 0 Å². The van der Waals surface area contributed by atoms with Gasteiger partial charge in [-0.3, -0.25) is 0 Å². The summed E-state index contributed by atoms with van der Waals surface area (Å²) in [5.41, 5.74) is 1.15. The molecule has 0 radical (unpaired) electrons. The molecule has 9 heavy (non-hydrogen) atoms. The van der Waals surface area contributed by atoms with Gasteiger partial charge in [-0.15, -0.1) is 0 Å². The highest BCUT2D eigenvalue weighted by atomic mass is 32.2. The largest absolute Gasteiger partial charge is 0.331 e. The molecule has 0 N–H and O–H groups in total. The van der Waals surface area contributed by atoms with Crippen molar-refractivity contribution < 1.29 is 4.28 Å². The Kier molecular flexibility index (Phi) is 1.90. The van der Waals surface area contributed by atoms with Gasteiger partial charge in [-0.1, -0.05) is 19.0 Å². The fourth-order valence-electron chi connectivity index (χ4n) is 0.590. The second kappa shape index (κ2) is 2.52. The lowest BCUT2D eigenvalue weighted by atomic mass is 10.1. The molecule has 0 aromatic heterocycles. The predicted molar refractivity (Wildman–Crippen MR) is 42.9 cm³/mol. The van der Waals surface area contributed by atoms with Gasteiger partial charge in [0.2, 0.25) is 0 Å². The van der Waals surface area contributed by atoms with Crippen molar-refractivity contribution in [3.8, 4) is 0 Å². The van der Waals surface area contributed by atoms with Gasteiger partial charge in [-0.2, -0.15) is 0 Å². The van der Waals surface area contributed by atoms with Crippen molar-refractivity contribution >= 4 is 22.3 Å². The van der Waals surface area contributed by atoms with E-state index >= 15 is 0 Å². The maximum absolute atomic E-state index is 4.93. The van der Waals surface area contributed by atoms with Crippen molar-refractivity contribution in [2.45, 2.75) is 13.8 Å². The topological polar surface area (TPSA) is 21.6 Å². The summed E-state index contributed by atoms with van der Waals surface area (Å²) in [6.07, 6.45) is 0. The zero-order chi connectivity index (χ0) is 6.85. The minimum absolute atomic E-state index is 0.177. The van der Waals surface area contributed by atoms with Crippen LogP contribution in [0.3, 0.4) is 0 Å². The molecule has 2 nitrogen and oxygen atoms in total. The highest BCUT2D eigenvalue weighted by molar-refractivity contribution is 8.10. The Hall–Kier alpha value is -0.310. The maximum atomic E-state index is 4.93. The first-order chi connectivity index (χ1) is 4.20. The smallest absolute Gasteiger partial charge is 0.0739 e. The summed E-state index contributed by atoms with van der Waals surface area (Å²) in [4.78, 5) is 0. The minimum atomic E-state index is -0.177. The molecule has 1 atom stereocenters. The average molecular weight is 145 g/mol. The van der Waals surface area contributed by atoms with Crippen molar-refractivity contribution in [1.82, 2.24) is 0 Å². The quantitative estimate of drug-likeness (QED) is 0.514. The van der Waals surface area contributed by atoms with E-state index in [2.05, 4.69) is 24.9 Å². The summed E-state index contributed by atoms with van der Waals surface area (Å²) < 4.78 is 4.93. The van der Waals surface area contributed by atoms with Gasteiger partial charge in [0.25, 0.3) is 0 Å². The van der Waals surface area contributed by atoms with Gasteiger partial charge >= 0.3 is 0 Å². The maximum Gasteiger partial charge on any atom is 0.0739 e. The van der Waals surface area contributed by atoms with E-state index in [-0.39, 0.29) is 10.8 Å². The lowest BCUT2D eigenvalue weighted by Gasteiger charge is -1.97. The third-order valence-corrected chi connectivity index (χ3v) is 2.14. The Bertz CT molecular complexity index is 162. The highest BCUT2D eigenvalue weighted by Crippen LogP contribution is 2.22. The number of hydrogen-bond acceptors (Lipinski definition) is 2. The first kappa shape index (κ1) is 6.81. The summed E-state index contributed by atoms with van der Waals surface area (Å²) in [6.45, 7) is 4.23. The molecule has 0 saturated carbocycles. The van der Waals surface area contributed by atoms with Crippen LogP contribution in [0, 0.1) is 5.92 Å². The Morgan fingerprint density at radius 1 is 1.78 bits per heavy atom. The molecular weight excluding hydrogens is 134 g/mol. The number of rotatable bonds is 1. The zero-order valence-electron chi connectivity index (χ0n) is 5.76. The molecule has 0 saturated heterocycles. The van der Waals surface area contributed by atoms with Gasteiger partial charge in [0.1, 0.15) is 0 Å². The van der Waals surface area contributed by atoms with Gasteiger partial charge in [0.15, 0.2) is 0 Å². The molecular formula is C6H11NOS. The number of oxime groups is 1. The van der Waals surface area contributed by atoms with Crippen molar-refractivity contribution in [3.63, 3.8) is 0 Å². The van der Waals surface area contributed by atoms with E-state index < -0.39 is 0 Å². The van der Waals surface area contributed by atoms with Gasteiger partial charge in [-0.25, -0.2) is 0 Å². The van der Waals surface area contributed by atoms with Crippen LogP contribution in [0.4, 0.5) is 0 Å². The molecule has 1 unspecified atom stereocenters. The normalized spacial score (nSPS) is 26.1. The van der Waals surface area contributed by atoms with Crippen LogP contribution in [0.1, 0.15) is 13.8 Å². The highest BCUT2D eigenvalue weighted by Gasteiger charge is 2.13. The molecule has 0 aliphatic carbocycles. The van der Waals surface area contributed by atoms with E-state index in [0.29, 0.717) is 5.92 Å². The third-order valence-electron chi connectivity index (χ3n) is 1.24. The second-order valence-electron chi connectivity index (χ2n) is 2.40. The second-order valence-corrected chi connectivity index (χ2v) is 3.71. The predicted octanol–water partition coefficient (Wildman–Crippen LogP) is 1.64. The van der Waals surface area contributed by atoms with Crippen LogP contribution >= 0.6 is 10.8 Å². The number of nitrogens with zero attached hydrogens (tertiary/aromatic N) is 1. The Morgan fingerprint density at radius 2 is 2.44 bits per heavy atom. The van der Waals surface area contributed by atoms with E-state index in [4.69, 9.17) is 4.28 Å². The van der Waals surface area contributed by atoms with Crippen LogP contribution in [0.25, 0.3) is 0 Å². The molecule has 1 heterocycles. The molecule has 1 aliphatic heterocycles. The lowest BCUT2D eigenvalue weighted by molar-refractivity contribution is 0.411. The monoisotopic (exact) mass is 145 g/mol. The summed E-state index contributed by atoms with van der Waals surface area (Å²) in [7, 11) is -0.177. The first-order valence-corrected chi connectivity index (χ1v) is 4.44. The van der Waals surface area contributed by atoms with Gasteiger partial charge in [0, 0.05) is 10.8 Å². The molecule has 0 bridgehead atoms. The van der Waals surface area contributed by atoms with Crippen LogP contribution in [-0.4, -0.2) is 17.3 Å². The molecule has 0 spiro atoms. The van der Waals surface area contributed by atoms with Crippen LogP contribution < -0.4 is 0 Å². The van der Waals surface area contributed by atoms with Gasteiger partial charge in [-0.05, 0) is 11.8 Å². The third kappa shape index (κ3) is 1.55. The van der Waals surface area contributed by atoms with Crippen LogP contribution in [0.2, 0.25) is 0 Å². The Balaban J connectivity index is 2.55. The van der Waals surface area contributed by atoms with E-state index in [1.54, 1.807) is 0 Å². The molecule has 0 aromatic carbocycles. The lowest BCUT2D eigenvalue weighted by Crippen LogP contribution is -2.06. The Labute approximate surface area is 58.0 Å². The number of hydrogen-bond donors (Lipinski definition) is 0. The van der Waals surface area contributed by atoms with Gasteiger partial charge in [0.05, 0.1) is 11.5 Å². The molecule has 0 aromatic rings. The van der Waals surface area contributed by atoms with Crippen molar-refractivity contribution in [1.29, 1.82) is 0 Å². The summed E-state index contributed by atoms with van der Waals surface area (Å²) in [6, 6.07) is 0. The zero-order valence-corrected chi connectivity index (χ0v) is 6.57. The van der Waals surface area contributed by atoms with Gasteiger partial charge < -0.3 is 4.28 Å². The van der Waals surface area contributed by atoms with E-state index in [1.807, 2.05) is 0 Å². The minimum Gasteiger partial charge on any atom is -0.331 e. The van der Waals surface area contributed by atoms with E-state index in [9.17, 15) is 0 Å². The molecule has 0 fully saturated rings. The fraction of sp³-hybridized carbons (Fsp3) is 0.667. The molecule has 52 valence electrons.